The number of hydrogen-bond acceptors (Lipinski definition) is 4. The van der Waals surface area contributed by atoms with Crippen molar-refractivity contribution < 1.29 is 19.4 Å². The second-order valence-corrected chi connectivity index (χ2v) is 2.12. The fraction of sp³-hybridized carbons (Fsp3) is 0.714. The van der Waals surface area contributed by atoms with Gasteiger partial charge in [-0.3, -0.25) is 9.59 Å². The van der Waals surface area contributed by atoms with Crippen LogP contribution in [-0.2, 0) is 19.4 Å². The molecule has 0 aliphatic carbocycles. The fourth-order valence-electron chi connectivity index (χ4n) is 0.334. The first-order valence-corrected chi connectivity index (χ1v) is 3.42. The van der Waals surface area contributed by atoms with Crippen LogP contribution in [-0.4, -0.2) is 24.8 Å². The Bertz CT molecular complexity index is 141. The molecule has 0 rings (SSSR count). The van der Waals surface area contributed by atoms with Gasteiger partial charge in [0.15, 0.2) is 11.6 Å². The van der Waals surface area contributed by atoms with Gasteiger partial charge in [0.2, 0.25) is 0 Å². The Balaban J connectivity index is 3.14. The lowest BCUT2D eigenvalue weighted by Crippen LogP contribution is -2.10. The molecular formula is C7H12O4. The molecule has 0 saturated heterocycles. The minimum Gasteiger partial charge on any atom is -0.297 e. The first kappa shape index (κ1) is 10.3. The first-order valence-electron chi connectivity index (χ1n) is 3.42. The number of Topliss-reactive ketones (excluding diaryl/α,β-unsaturated/α-hetero) is 2. The Hall–Kier alpha value is -0.740. The maximum absolute atomic E-state index is 10.6. The van der Waals surface area contributed by atoms with E-state index in [1.54, 1.807) is 6.92 Å². The molecule has 0 spiro atoms. The summed E-state index contributed by atoms with van der Waals surface area (Å²) in [6.07, 6.45) is 0.420. The average Bonchev–Trinajstić information content (AvgIpc) is 1.97. The van der Waals surface area contributed by atoms with Crippen LogP contribution in [0.3, 0.4) is 0 Å². The molecule has 0 amide bonds. The highest BCUT2D eigenvalue weighted by Crippen LogP contribution is 1.84. The zero-order valence-electron chi connectivity index (χ0n) is 6.75. The molecule has 0 aromatic heterocycles. The summed E-state index contributed by atoms with van der Waals surface area (Å²) >= 11 is 0. The van der Waals surface area contributed by atoms with Gasteiger partial charge >= 0.3 is 0 Å². The fourth-order valence-corrected chi connectivity index (χ4v) is 0.334. The molecule has 0 saturated carbocycles. The normalized spacial score (nSPS) is 9.64. The van der Waals surface area contributed by atoms with Crippen molar-refractivity contribution in [3.05, 3.63) is 0 Å². The second-order valence-electron chi connectivity index (χ2n) is 2.12. The molecule has 0 heterocycles. The van der Waals surface area contributed by atoms with Crippen LogP contribution in [0.4, 0.5) is 0 Å². The predicted octanol–water partition coefficient (Wildman–Crippen LogP) is 0.503. The van der Waals surface area contributed by atoms with Gasteiger partial charge in [0.25, 0.3) is 0 Å². The molecule has 0 aliphatic rings. The van der Waals surface area contributed by atoms with Crippen LogP contribution in [0, 0.1) is 0 Å². The molecule has 4 heteroatoms. The monoisotopic (exact) mass is 160 g/mol. The van der Waals surface area contributed by atoms with Gasteiger partial charge in [-0.15, -0.1) is 0 Å². The number of carbonyl (C=O) groups excluding carboxylic acids is 2. The van der Waals surface area contributed by atoms with Crippen molar-refractivity contribution in [2.24, 2.45) is 0 Å². The van der Waals surface area contributed by atoms with E-state index in [0.717, 1.165) is 0 Å². The van der Waals surface area contributed by atoms with Crippen molar-refractivity contribution in [1.82, 2.24) is 0 Å². The first-order chi connectivity index (χ1) is 5.16. The van der Waals surface area contributed by atoms with Crippen LogP contribution >= 0.6 is 0 Å². The minimum absolute atomic E-state index is 0.0476. The summed E-state index contributed by atoms with van der Waals surface area (Å²) in [5.41, 5.74) is 0. The standard InChI is InChI=1S/C7H12O4/c1-3-7(9)5-11-10-4-6(2)8/h3-5H2,1-2H3. The predicted molar refractivity (Wildman–Crippen MR) is 37.9 cm³/mol. The van der Waals surface area contributed by atoms with Gasteiger partial charge in [-0.1, -0.05) is 6.92 Å². The lowest BCUT2D eigenvalue weighted by atomic mass is 10.3. The Morgan fingerprint density at radius 1 is 1.18 bits per heavy atom. The molecule has 0 radical (unpaired) electrons. The smallest absolute Gasteiger partial charge is 0.161 e. The van der Waals surface area contributed by atoms with Gasteiger partial charge in [-0.05, 0) is 6.92 Å². The minimum atomic E-state index is -0.131. The molecular weight excluding hydrogens is 148 g/mol. The summed E-state index contributed by atoms with van der Waals surface area (Å²) in [5, 5.41) is 0. The zero-order chi connectivity index (χ0) is 8.69. The number of rotatable bonds is 6. The number of hydrogen-bond donors (Lipinski definition) is 0. The van der Waals surface area contributed by atoms with Crippen molar-refractivity contribution in [3.8, 4) is 0 Å². The van der Waals surface area contributed by atoms with E-state index in [1.807, 2.05) is 0 Å². The Labute approximate surface area is 65.4 Å². The molecule has 11 heavy (non-hydrogen) atoms. The highest BCUT2D eigenvalue weighted by molar-refractivity contribution is 5.79. The Morgan fingerprint density at radius 3 is 2.18 bits per heavy atom. The molecule has 0 aliphatic heterocycles. The Kier molecular flexibility index (Phi) is 5.60. The molecule has 64 valence electrons. The summed E-state index contributed by atoms with van der Waals surface area (Å²) < 4.78 is 0. The molecule has 0 aromatic rings. The average molecular weight is 160 g/mol. The van der Waals surface area contributed by atoms with Gasteiger partial charge in [0, 0.05) is 6.42 Å². The maximum atomic E-state index is 10.6. The van der Waals surface area contributed by atoms with Crippen LogP contribution in [0.15, 0.2) is 0 Å². The summed E-state index contributed by atoms with van der Waals surface area (Å²) in [6.45, 7) is 2.93. The van der Waals surface area contributed by atoms with Gasteiger partial charge in [0.05, 0.1) is 0 Å². The molecule has 0 aromatic carbocycles. The van der Waals surface area contributed by atoms with E-state index in [9.17, 15) is 9.59 Å². The lowest BCUT2D eigenvalue weighted by Gasteiger charge is -1.98. The highest BCUT2D eigenvalue weighted by Gasteiger charge is 1.99. The summed E-state index contributed by atoms with van der Waals surface area (Å²) in [4.78, 5) is 29.7. The topological polar surface area (TPSA) is 52.6 Å². The maximum Gasteiger partial charge on any atom is 0.161 e. The zero-order valence-corrected chi connectivity index (χ0v) is 6.75. The van der Waals surface area contributed by atoms with Crippen LogP contribution in [0.2, 0.25) is 0 Å². The van der Waals surface area contributed by atoms with Crippen molar-refractivity contribution >= 4 is 11.6 Å². The van der Waals surface area contributed by atoms with Crippen LogP contribution in [0.1, 0.15) is 20.3 Å². The second kappa shape index (κ2) is 6.00. The van der Waals surface area contributed by atoms with Crippen LogP contribution in [0.25, 0.3) is 0 Å². The molecule has 0 bridgehead atoms. The SMILES string of the molecule is CCC(=O)COOCC(C)=O. The quantitative estimate of drug-likeness (QED) is 0.322. The molecule has 0 unspecified atom stereocenters. The van der Waals surface area contributed by atoms with Crippen LogP contribution < -0.4 is 0 Å². The van der Waals surface area contributed by atoms with Crippen molar-refractivity contribution in [2.45, 2.75) is 20.3 Å². The van der Waals surface area contributed by atoms with E-state index in [1.165, 1.54) is 6.92 Å². The van der Waals surface area contributed by atoms with Crippen molar-refractivity contribution in [3.63, 3.8) is 0 Å². The van der Waals surface area contributed by atoms with E-state index in [4.69, 9.17) is 0 Å². The van der Waals surface area contributed by atoms with Crippen LogP contribution in [0.5, 0.6) is 0 Å². The highest BCUT2D eigenvalue weighted by atomic mass is 17.2. The summed E-state index contributed by atoms with van der Waals surface area (Å²) in [6, 6.07) is 0. The number of ketones is 2. The third kappa shape index (κ3) is 7.15. The third-order valence-electron chi connectivity index (χ3n) is 0.960. The largest absolute Gasteiger partial charge is 0.297 e. The molecule has 4 nitrogen and oxygen atoms in total. The van der Waals surface area contributed by atoms with Gasteiger partial charge in [-0.25, -0.2) is 9.78 Å². The summed E-state index contributed by atoms with van der Waals surface area (Å²) in [7, 11) is 0. The lowest BCUT2D eigenvalue weighted by molar-refractivity contribution is -0.282. The van der Waals surface area contributed by atoms with E-state index in [0.29, 0.717) is 6.42 Å². The van der Waals surface area contributed by atoms with E-state index >= 15 is 0 Å². The molecule has 0 N–H and O–H groups in total. The van der Waals surface area contributed by atoms with Gasteiger partial charge < -0.3 is 0 Å². The van der Waals surface area contributed by atoms with Crippen molar-refractivity contribution in [2.75, 3.05) is 13.2 Å². The van der Waals surface area contributed by atoms with E-state index < -0.39 is 0 Å². The molecule has 0 atom stereocenters. The summed E-state index contributed by atoms with van der Waals surface area (Å²) in [5.74, 6) is -0.178. The van der Waals surface area contributed by atoms with Crippen molar-refractivity contribution in [1.29, 1.82) is 0 Å². The van der Waals surface area contributed by atoms with Gasteiger partial charge in [0.1, 0.15) is 13.2 Å². The number of carbonyl (C=O) groups is 2. The van der Waals surface area contributed by atoms with E-state index in [2.05, 4.69) is 9.78 Å². The van der Waals surface area contributed by atoms with Gasteiger partial charge in [-0.2, -0.15) is 0 Å². The van der Waals surface area contributed by atoms with E-state index in [-0.39, 0.29) is 24.8 Å². The molecule has 0 fully saturated rings. The Morgan fingerprint density at radius 2 is 1.73 bits per heavy atom. The third-order valence-corrected chi connectivity index (χ3v) is 0.960.